The Morgan fingerprint density at radius 3 is 1.52 bits per heavy atom. The fourth-order valence-corrected chi connectivity index (χ4v) is 2.33. The minimum atomic E-state index is -6.37. The van der Waals surface area contributed by atoms with E-state index in [1.54, 1.807) is 0 Å². The van der Waals surface area contributed by atoms with Crippen LogP contribution in [0.25, 0.3) is 5.57 Å². The molecule has 0 aliphatic heterocycles. The standard InChI is InChI=1S/C17H5F11O/c18-10-7(9(16(23,24)25)15(22)17(26,27)28)8(11(19)13(21)12(10)20)14(29)6-4-2-1-3-5-6/h1-5H/b15-9+. The molecule has 0 atom stereocenters. The molecular formula is C17H5F11O. The van der Waals surface area contributed by atoms with Gasteiger partial charge in [0.05, 0.1) is 5.56 Å². The van der Waals surface area contributed by atoms with Crippen molar-refractivity contribution in [2.45, 2.75) is 12.4 Å². The molecule has 0 amide bonds. The maximum Gasteiger partial charge on any atom is 0.443 e. The maximum atomic E-state index is 14.2. The van der Waals surface area contributed by atoms with Crippen LogP contribution in [0.1, 0.15) is 21.5 Å². The van der Waals surface area contributed by atoms with Crippen molar-refractivity contribution < 1.29 is 53.1 Å². The topological polar surface area (TPSA) is 17.1 Å². The predicted molar refractivity (Wildman–Crippen MR) is 76.3 cm³/mol. The molecule has 12 heteroatoms. The van der Waals surface area contributed by atoms with E-state index < -0.39 is 69.5 Å². The van der Waals surface area contributed by atoms with Crippen LogP contribution >= 0.6 is 0 Å². The summed E-state index contributed by atoms with van der Waals surface area (Å²) in [5, 5.41) is 0. The number of benzene rings is 2. The zero-order valence-corrected chi connectivity index (χ0v) is 13.5. The molecule has 0 bridgehead atoms. The highest BCUT2D eigenvalue weighted by atomic mass is 19.4. The van der Waals surface area contributed by atoms with Crippen LogP contribution in [0.15, 0.2) is 36.2 Å². The van der Waals surface area contributed by atoms with Gasteiger partial charge in [0.15, 0.2) is 29.1 Å². The van der Waals surface area contributed by atoms with Crippen molar-refractivity contribution in [2.75, 3.05) is 0 Å². The Labute approximate surface area is 154 Å². The van der Waals surface area contributed by atoms with E-state index >= 15 is 0 Å². The molecule has 1 nitrogen and oxygen atoms in total. The Morgan fingerprint density at radius 2 is 1.10 bits per heavy atom. The lowest BCUT2D eigenvalue weighted by atomic mass is 9.91. The van der Waals surface area contributed by atoms with Crippen LogP contribution in [0.2, 0.25) is 0 Å². The summed E-state index contributed by atoms with van der Waals surface area (Å²) in [6, 6.07) is 5.07. The summed E-state index contributed by atoms with van der Waals surface area (Å²) >= 11 is 0. The number of alkyl halides is 6. The van der Waals surface area contributed by atoms with Gasteiger partial charge in [-0.2, -0.15) is 26.3 Å². The molecule has 0 saturated carbocycles. The minimum absolute atomic E-state index is 0.716. The van der Waals surface area contributed by atoms with Gasteiger partial charge in [0.2, 0.25) is 5.83 Å². The molecular weight excluding hydrogens is 429 g/mol. The largest absolute Gasteiger partial charge is 0.443 e. The summed E-state index contributed by atoms with van der Waals surface area (Å²) in [4.78, 5) is 12.3. The van der Waals surface area contributed by atoms with E-state index in [1.807, 2.05) is 0 Å². The van der Waals surface area contributed by atoms with Crippen molar-refractivity contribution in [3.05, 3.63) is 76.1 Å². The van der Waals surface area contributed by atoms with E-state index in [1.165, 1.54) is 6.07 Å². The van der Waals surface area contributed by atoms with E-state index in [0.717, 1.165) is 24.3 Å². The van der Waals surface area contributed by atoms with E-state index in [4.69, 9.17) is 0 Å². The molecule has 0 aromatic heterocycles. The normalized spacial score (nSPS) is 13.3. The molecule has 0 N–H and O–H groups in total. The smallest absolute Gasteiger partial charge is 0.288 e. The molecule has 0 aliphatic rings. The molecule has 0 heterocycles. The Balaban J connectivity index is 3.06. The number of ketones is 1. The molecule has 2 rings (SSSR count). The van der Waals surface area contributed by atoms with Gasteiger partial charge >= 0.3 is 12.4 Å². The summed E-state index contributed by atoms with van der Waals surface area (Å²) in [6.45, 7) is 0. The lowest BCUT2D eigenvalue weighted by Gasteiger charge is -2.19. The molecule has 156 valence electrons. The molecule has 29 heavy (non-hydrogen) atoms. The SMILES string of the molecule is O=C(c1ccccc1)c1c(F)c(F)c(F)c(F)c1/C(=C(\F)C(F)(F)F)C(F)(F)F. The molecule has 2 aromatic carbocycles. The first-order valence-corrected chi connectivity index (χ1v) is 7.19. The fraction of sp³-hybridized carbons (Fsp3) is 0.118. The second-order valence-corrected chi connectivity index (χ2v) is 5.39. The van der Waals surface area contributed by atoms with Crippen LogP contribution in [0.3, 0.4) is 0 Å². The summed E-state index contributed by atoms with van der Waals surface area (Å²) in [5.74, 6) is -17.4. The zero-order valence-electron chi connectivity index (χ0n) is 13.5. The average Bonchev–Trinajstić information content (AvgIpc) is 2.62. The van der Waals surface area contributed by atoms with Gasteiger partial charge in [-0.25, -0.2) is 22.0 Å². The van der Waals surface area contributed by atoms with E-state index in [-0.39, 0.29) is 0 Å². The third kappa shape index (κ3) is 4.10. The predicted octanol–water partition coefficient (Wildman–Crippen LogP) is 6.28. The molecule has 0 aliphatic carbocycles. The first-order chi connectivity index (χ1) is 13.2. The van der Waals surface area contributed by atoms with Crippen LogP contribution in [-0.4, -0.2) is 18.1 Å². The number of allylic oxidation sites excluding steroid dienone is 2. The highest BCUT2D eigenvalue weighted by molar-refractivity contribution is 6.12. The van der Waals surface area contributed by atoms with Gasteiger partial charge < -0.3 is 0 Å². The second kappa shape index (κ2) is 7.48. The van der Waals surface area contributed by atoms with Gasteiger partial charge in [-0.05, 0) is 0 Å². The van der Waals surface area contributed by atoms with Crippen LogP contribution in [-0.2, 0) is 0 Å². The van der Waals surface area contributed by atoms with Gasteiger partial charge in [-0.3, -0.25) is 4.79 Å². The van der Waals surface area contributed by atoms with E-state index in [0.29, 0.717) is 0 Å². The summed E-state index contributed by atoms with van der Waals surface area (Å²) in [5.41, 5.74) is -9.22. The number of carbonyl (C=O) groups is 1. The van der Waals surface area contributed by atoms with Crippen LogP contribution in [0.5, 0.6) is 0 Å². The van der Waals surface area contributed by atoms with Gasteiger partial charge in [0.1, 0.15) is 5.57 Å². The lowest BCUT2D eigenvalue weighted by Crippen LogP contribution is -2.24. The molecule has 0 spiro atoms. The Morgan fingerprint density at radius 1 is 0.655 bits per heavy atom. The molecule has 0 fully saturated rings. The fourth-order valence-electron chi connectivity index (χ4n) is 2.33. The highest BCUT2D eigenvalue weighted by Gasteiger charge is 2.50. The molecule has 0 saturated heterocycles. The molecule has 2 aromatic rings. The molecule has 0 radical (unpaired) electrons. The summed E-state index contributed by atoms with van der Waals surface area (Å²) in [7, 11) is 0. The Hall–Kier alpha value is -2.92. The second-order valence-electron chi connectivity index (χ2n) is 5.39. The quantitative estimate of drug-likeness (QED) is 0.241. The third-order valence-corrected chi connectivity index (χ3v) is 3.53. The lowest BCUT2D eigenvalue weighted by molar-refractivity contribution is -0.116. The summed E-state index contributed by atoms with van der Waals surface area (Å²) < 4.78 is 146. The van der Waals surface area contributed by atoms with E-state index in [2.05, 4.69) is 0 Å². The van der Waals surface area contributed by atoms with Gasteiger partial charge in [-0.15, -0.1) is 0 Å². The maximum absolute atomic E-state index is 14.2. The van der Waals surface area contributed by atoms with Crippen molar-refractivity contribution in [3.8, 4) is 0 Å². The van der Waals surface area contributed by atoms with Gasteiger partial charge in [0.25, 0.3) is 0 Å². The average molecular weight is 434 g/mol. The number of hydrogen-bond acceptors (Lipinski definition) is 1. The van der Waals surface area contributed by atoms with Crippen molar-refractivity contribution in [1.82, 2.24) is 0 Å². The monoisotopic (exact) mass is 434 g/mol. The Kier molecular flexibility index (Phi) is 5.77. The first kappa shape index (κ1) is 22.4. The van der Waals surface area contributed by atoms with Crippen molar-refractivity contribution >= 4 is 11.4 Å². The number of rotatable bonds is 3. The van der Waals surface area contributed by atoms with Crippen LogP contribution in [0.4, 0.5) is 48.3 Å². The zero-order chi connectivity index (χ0) is 22.3. The number of carbonyl (C=O) groups excluding carboxylic acids is 1. The minimum Gasteiger partial charge on any atom is -0.288 e. The van der Waals surface area contributed by atoms with Crippen molar-refractivity contribution in [3.63, 3.8) is 0 Å². The summed E-state index contributed by atoms with van der Waals surface area (Å²) in [6.07, 6.45) is -12.7. The third-order valence-electron chi connectivity index (χ3n) is 3.53. The van der Waals surface area contributed by atoms with Crippen LogP contribution in [0, 0.1) is 23.3 Å². The number of halogens is 11. The molecule has 0 unspecified atom stereocenters. The van der Waals surface area contributed by atoms with Crippen molar-refractivity contribution in [1.29, 1.82) is 0 Å². The van der Waals surface area contributed by atoms with Crippen LogP contribution < -0.4 is 0 Å². The van der Waals surface area contributed by atoms with Gasteiger partial charge in [-0.1, -0.05) is 30.3 Å². The van der Waals surface area contributed by atoms with Gasteiger partial charge in [0, 0.05) is 11.1 Å². The Bertz CT molecular complexity index is 985. The highest BCUT2D eigenvalue weighted by Crippen LogP contribution is 2.45. The van der Waals surface area contributed by atoms with Crippen molar-refractivity contribution in [2.24, 2.45) is 0 Å². The first-order valence-electron chi connectivity index (χ1n) is 7.19. The number of hydrogen-bond donors (Lipinski definition) is 0. The van der Waals surface area contributed by atoms with E-state index in [9.17, 15) is 53.1 Å².